The molecule has 1 aromatic carbocycles. The lowest BCUT2D eigenvalue weighted by atomic mass is 10.00. The fourth-order valence-electron chi connectivity index (χ4n) is 2.11. The standard InChI is InChI=1S/C13H17N3O3/c1-18-10-13(12(17)19-2)9-14-15-16(13)8-11-6-4-3-5-7-11/h3-7H,8-10H2,1-2H3. The second-order valence-electron chi connectivity index (χ2n) is 4.39. The molecule has 0 saturated carbocycles. The number of esters is 1. The van der Waals surface area contributed by atoms with E-state index in [4.69, 9.17) is 9.47 Å². The van der Waals surface area contributed by atoms with Crippen molar-refractivity contribution in [3.63, 3.8) is 0 Å². The van der Waals surface area contributed by atoms with Crippen molar-refractivity contribution in [2.75, 3.05) is 27.4 Å². The Kier molecular flexibility index (Phi) is 4.11. The summed E-state index contributed by atoms with van der Waals surface area (Å²) in [7, 11) is 2.91. The summed E-state index contributed by atoms with van der Waals surface area (Å²) in [6, 6.07) is 9.78. The van der Waals surface area contributed by atoms with Crippen molar-refractivity contribution in [1.29, 1.82) is 0 Å². The van der Waals surface area contributed by atoms with Crippen LogP contribution in [-0.4, -0.2) is 43.9 Å². The first-order valence-electron chi connectivity index (χ1n) is 5.99. The number of rotatable bonds is 5. The molecule has 0 radical (unpaired) electrons. The summed E-state index contributed by atoms with van der Waals surface area (Å²) in [6.45, 7) is 0.933. The highest BCUT2D eigenvalue weighted by atomic mass is 16.5. The lowest BCUT2D eigenvalue weighted by molar-refractivity contribution is -0.157. The molecule has 1 aromatic rings. The van der Waals surface area contributed by atoms with Crippen LogP contribution in [0.4, 0.5) is 0 Å². The van der Waals surface area contributed by atoms with Gasteiger partial charge in [0.05, 0.1) is 20.3 Å². The van der Waals surface area contributed by atoms with Gasteiger partial charge in [0.25, 0.3) is 0 Å². The number of ether oxygens (including phenoxy) is 2. The summed E-state index contributed by atoms with van der Waals surface area (Å²) >= 11 is 0. The van der Waals surface area contributed by atoms with E-state index in [0.717, 1.165) is 5.56 Å². The van der Waals surface area contributed by atoms with Crippen LogP contribution in [0.3, 0.4) is 0 Å². The Hall–Kier alpha value is -1.95. The maximum atomic E-state index is 12.1. The SMILES string of the molecule is COCC1(C(=O)OC)CN=NN1Cc1ccccc1. The smallest absolute Gasteiger partial charge is 0.337 e. The van der Waals surface area contributed by atoms with Gasteiger partial charge in [0.15, 0.2) is 0 Å². The molecule has 6 heteroatoms. The summed E-state index contributed by atoms with van der Waals surface area (Å²) in [5, 5.41) is 9.66. The van der Waals surface area contributed by atoms with E-state index in [-0.39, 0.29) is 19.1 Å². The molecular formula is C13H17N3O3. The van der Waals surface area contributed by atoms with E-state index in [1.807, 2.05) is 30.3 Å². The molecular weight excluding hydrogens is 246 g/mol. The van der Waals surface area contributed by atoms with E-state index >= 15 is 0 Å². The summed E-state index contributed by atoms with van der Waals surface area (Å²) in [5.41, 5.74) is 0.0898. The normalized spacial score (nSPS) is 21.7. The molecule has 0 saturated heterocycles. The largest absolute Gasteiger partial charge is 0.467 e. The zero-order valence-electron chi connectivity index (χ0n) is 11.1. The van der Waals surface area contributed by atoms with Gasteiger partial charge in [0.1, 0.15) is 6.54 Å². The predicted octanol–water partition coefficient (Wildman–Crippen LogP) is 1.43. The van der Waals surface area contributed by atoms with Gasteiger partial charge in [-0.25, -0.2) is 4.79 Å². The Morgan fingerprint density at radius 3 is 2.74 bits per heavy atom. The molecule has 1 heterocycles. The van der Waals surface area contributed by atoms with Gasteiger partial charge in [-0.1, -0.05) is 35.6 Å². The molecule has 0 aromatic heterocycles. The highest BCUT2D eigenvalue weighted by Crippen LogP contribution is 2.27. The minimum atomic E-state index is -0.959. The van der Waals surface area contributed by atoms with Crippen LogP contribution in [0.2, 0.25) is 0 Å². The first kappa shape index (κ1) is 13.5. The molecule has 6 nitrogen and oxygen atoms in total. The van der Waals surface area contributed by atoms with Gasteiger partial charge in [-0.15, -0.1) is 0 Å². The molecule has 1 aliphatic heterocycles. The van der Waals surface area contributed by atoms with E-state index in [2.05, 4.69) is 10.3 Å². The lowest BCUT2D eigenvalue weighted by Crippen LogP contribution is -2.55. The third-order valence-corrected chi connectivity index (χ3v) is 3.12. The Morgan fingerprint density at radius 2 is 2.11 bits per heavy atom. The van der Waals surface area contributed by atoms with Crippen molar-refractivity contribution in [1.82, 2.24) is 5.01 Å². The molecule has 0 bridgehead atoms. The van der Waals surface area contributed by atoms with Crippen molar-refractivity contribution >= 4 is 5.97 Å². The van der Waals surface area contributed by atoms with Crippen LogP contribution < -0.4 is 0 Å². The lowest BCUT2D eigenvalue weighted by Gasteiger charge is -2.32. The number of hydrogen-bond donors (Lipinski definition) is 0. The molecule has 0 aliphatic carbocycles. The van der Waals surface area contributed by atoms with Gasteiger partial charge in [0.2, 0.25) is 5.54 Å². The minimum Gasteiger partial charge on any atom is -0.467 e. The van der Waals surface area contributed by atoms with Crippen LogP contribution in [-0.2, 0) is 20.8 Å². The average Bonchev–Trinajstić information content (AvgIpc) is 2.83. The number of carbonyl (C=O) groups excluding carboxylic acids is 1. The van der Waals surface area contributed by atoms with Crippen molar-refractivity contribution < 1.29 is 14.3 Å². The fraction of sp³-hybridized carbons (Fsp3) is 0.462. The van der Waals surface area contributed by atoms with Crippen LogP contribution in [0.1, 0.15) is 5.56 Å². The molecule has 19 heavy (non-hydrogen) atoms. The van der Waals surface area contributed by atoms with Crippen molar-refractivity contribution in [3.05, 3.63) is 35.9 Å². The van der Waals surface area contributed by atoms with Gasteiger partial charge in [-0.2, -0.15) is 5.11 Å². The second-order valence-corrected chi connectivity index (χ2v) is 4.39. The topological polar surface area (TPSA) is 63.5 Å². The first-order valence-corrected chi connectivity index (χ1v) is 5.99. The number of benzene rings is 1. The molecule has 102 valence electrons. The number of nitrogens with zero attached hydrogens (tertiary/aromatic N) is 3. The molecule has 1 atom stereocenters. The Bertz CT molecular complexity index is 463. The highest BCUT2D eigenvalue weighted by Gasteiger charge is 2.49. The molecule has 0 spiro atoms. The fourth-order valence-corrected chi connectivity index (χ4v) is 2.11. The quantitative estimate of drug-likeness (QED) is 0.754. The van der Waals surface area contributed by atoms with E-state index < -0.39 is 5.54 Å². The monoisotopic (exact) mass is 263 g/mol. The predicted molar refractivity (Wildman–Crippen MR) is 68.3 cm³/mol. The molecule has 0 amide bonds. The Morgan fingerprint density at radius 1 is 1.37 bits per heavy atom. The van der Waals surface area contributed by atoms with Crippen molar-refractivity contribution in [2.45, 2.75) is 12.1 Å². The highest BCUT2D eigenvalue weighted by molar-refractivity contribution is 5.81. The summed E-state index contributed by atoms with van der Waals surface area (Å²) in [5.74, 6) is -0.379. The van der Waals surface area contributed by atoms with E-state index in [9.17, 15) is 4.79 Å². The van der Waals surface area contributed by atoms with E-state index in [1.165, 1.54) is 7.11 Å². The third-order valence-electron chi connectivity index (χ3n) is 3.12. The molecule has 1 unspecified atom stereocenters. The summed E-state index contributed by atoms with van der Waals surface area (Å²) < 4.78 is 10.0. The van der Waals surface area contributed by atoms with Crippen LogP contribution in [0.25, 0.3) is 0 Å². The third kappa shape index (κ3) is 2.58. The van der Waals surface area contributed by atoms with Gasteiger partial charge in [-0.3, -0.25) is 5.01 Å². The van der Waals surface area contributed by atoms with Gasteiger partial charge in [0, 0.05) is 7.11 Å². The van der Waals surface area contributed by atoms with Crippen molar-refractivity contribution in [2.24, 2.45) is 10.3 Å². The van der Waals surface area contributed by atoms with Crippen LogP contribution >= 0.6 is 0 Å². The number of carbonyl (C=O) groups is 1. The van der Waals surface area contributed by atoms with Crippen molar-refractivity contribution in [3.8, 4) is 0 Å². The maximum Gasteiger partial charge on any atom is 0.337 e. The molecule has 0 fully saturated rings. The zero-order valence-corrected chi connectivity index (χ0v) is 11.1. The Balaban J connectivity index is 2.21. The van der Waals surface area contributed by atoms with E-state index in [0.29, 0.717) is 6.54 Å². The zero-order chi connectivity index (χ0) is 13.7. The van der Waals surface area contributed by atoms with Gasteiger partial charge < -0.3 is 9.47 Å². The maximum absolute atomic E-state index is 12.1. The van der Waals surface area contributed by atoms with Gasteiger partial charge in [-0.05, 0) is 5.56 Å². The Labute approximate surface area is 112 Å². The second kappa shape index (κ2) is 5.79. The molecule has 2 rings (SSSR count). The number of methoxy groups -OCH3 is 2. The summed E-state index contributed by atoms with van der Waals surface area (Å²) in [6.07, 6.45) is 0. The molecule has 0 N–H and O–H groups in total. The van der Waals surface area contributed by atoms with Crippen LogP contribution in [0.5, 0.6) is 0 Å². The first-order chi connectivity index (χ1) is 9.23. The van der Waals surface area contributed by atoms with Gasteiger partial charge >= 0.3 is 5.97 Å². The average molecular weight is 263 g/mol. The van der Waals surface area contributed by atoms with E-state index in [1.54, 1.807) is 12.1 Å². The van der Waals surface area contributed by atoms with Crippen LogP contribution in [0.15, 0.2) is 40.7 Å². The molecule has 1 aliphatic rings. The van der Waals surface area contributed by atoms with Crippen LogP contribution in [0, 0.1) is 0 Å². The number of hydrogen-bond acceptors (Lipinski definition) is 6. The minimum absolute atomic E-state index is 0.194. The summed E-state index contributed by atoms with van der Waals surface area (Å²) in [4.78, 5) is 12.1.